The minimum Gasteiger partial charge on any atom is -0.399 e. The van der Waals surface area contributed by atoms with Gasteiger partial charge < -0.3 is 16.8 Å². The van der Waals surface area contributed by atoms with Gasteiger partial charge in [0.15, 0.2) is 0 Å². The summed E-state index contributed by atoms with van der Waals surface area (Å²) in [5.74, 6) is 0.857. The first kappa shape index (κ1) is 13.4. The molecule has 0 aliphatic rings. The van der Waals surface area contributed by atoms with Gasteiger partial charge in [0.25, 0.3) is 5.91 Å². The minimum atomic E-state index is -0.128. The van der Waals surface area contributed by atoms with E-state index >= 15 is 0 Å². The molecule has 4 heteroatoms. The molecule has 0 saturated carbocycles. The monoisotopic (exact) mass is 235 g/mol. The number of hydrogen-bond acceptors (Lipinski definition) is 3. The number of carbonyl (C=O) groups excluding carboxylic acids is 1. The van der Waals surface area contributed by atoms with E-state index in [1.807, 2.05) is 0 Å². The average molecular weight is 235 g/mol. The molecule has 0 radical (unpaired) electrons. The molecule has 0 aliphatic heterocycles. The lowest BCUT2D eigenvalue weighted by Crippen LogP contribution is -2.30. The van der Waals surface area contributed by atoms with Gasteiger partial charge in [-0.1, -0.05) is 20.8 Å². The van der Waals surface area contributed by atoms with E-state index in [9.17, 15) is 4.79 Å². The Balaban J connectivity index is 2.64. The SMILES string of the molecule is CC(C)C(C)CNC(=O)c1cc(N)cc(N)c1. The van der Waals surface area contributed by atoms with E-state index in [1.54, 1.807) is 18.2 Å². The second-order valence-corrected chi connectivity index (χ2v) is 4.82. The number of nitrogens with two attached hydrogens (primary N) is 2. The zero-order valence-corrected chi connectivity index (χ0v) is 10.7. The zero-order valence-electron chi connectivity index (χ0n) is 10.7. The molecule has 1 rings (SSSR count). The van der Waals surface area contributed by atoms with Crippen molar-refractivity contribution in [2.45, 2.75) is 20.8 Å². The summed E-state index contributed by atoms with van der Waals surface area (Å²) in [4.78, 5) is 11.9. The molecule has 1 amide bonds. The number of hydrogen-bond donors (Lipinski definition) is 3. The van der Waals surface area contributed by atoms with Crippen LogP contribution in [-0.4, -0.2) is 12.5 Å². The molecule has 5 N–H and O–H groups in total. The van der Waals surface area contributed by atoms with E-state index in [4.69, 9.17) is 11.5 Å². The summed E-state index contributed by atoms with van der Waals surface area (Å²) in [7, 11) is 0. The normalized spacial score (nSPS) is 12.5. The smallest absolute Gasteiger partial charge is 0.251 e. The van der Waals surface area contributed by atoms with E-state index in [0.29, 0.717) is 35.3 Å². The Morgan fingerprint density at radius 3 is 2.18 bits per heavy atom. The van der Waals surface area contributed by atoms with Gasteiger partial charge in [0.2, 0.25) is 0 Å². The summed E-state index contributed by atoms with van der Waals surface area (Å²) in [6.45, 7) is 7.04. The molecule has 0 aromatic heterocycles. The fourth-order valence-electron chi connectivity index (χ4n) is 1.40. The van der Waals surface area contributed by atoms with Gasteiger partial charge in [-0.2, -0.15) is 0 Å². The largest absolute Gasteiger partial charge is 0.399 e. The molecular formula is C13H21N3O. The number of nitrogen functional groups attached to an aromatic ring is 2. The molecule has 4 nitrogen and oxygen atoms in total. The number of nitrogens with one attached hydrogen (secondary N) is 1. The van der Waals surface area contributed by atoms with Crippen molar-refractivity contribution in [2.24, 2.45) is 11.8 Å². The van der Waals surface area contributed by atoms with Crippen molar-refractivity contribution < 1.29 is 4.79 Å². The van der Waals surface area contributed by atoms with Crippen LogP contribution in [0.15, 0.2) is 18.2 Å². The summed E-state index contributed by atoms with van der Waals surface area (Å²) < 4.78 is 0. The van der Waals surface area contributed by atoms with E-state index in [0.717, 1.165) is 0 Å². The molecule has 0 bridgehead atoms. The highest BCUT2D eigenvalue weighted by Crippen LogP contribution is 2.14. The van der Waals surface area contributed by atoms with Gasteiger partial charge in [-0.25, -0.2) is 0 Å². The van der Waals surface area contributed by atoms with Crippen LogP contribution < -0.4 is 16.8 Å². The Kier molecular flexibility index (Phi) is 4.37. The molecule has 1 aromatic carbocycles. The molecule has 1 unspecified atom stereocenters. The van der Waals surface area contributed by atoms with E-state index in [2.05, 4.69) is 26.1 Å². The second-order valence-electron chi connectivity index (χ2n) is 4.82. The lowest BCUT2D eigenvalue weighted by Gasteiger charge is -2.16. The summed E-state index contributed by atoms with van der Waals surface area (Å²) >= 11 is 0. The van der Waals surface area contributed by atoms with Crippen LogP contribution in [-0.2, 0) is 0 Å². The van der Waals surface area contributed by atoms with Crippen LogP contribution in [0.5, 0.6) is 0 Å². The van der Waals surface area contributed by atoms with Crippen molar-refractivity contribution in [1.82, 2.24) is 5.32 Å². The van der Waals surface area contributed by atoms with Crippen molar-refractivity contribution in [1.29, 1.82) is 0 Å². The van der Waals surface area contributed by atoms with Gasteiger partial charge in [-0.05, 0) is 30.0 Å². The number of carbonyl (C=O) groups is 1. The van der Waals surface area contributed by atoms with Gasteiger partial charge in [-0.15, -0.1) is 0 Å². The quantitative estimate of drug-likeness (QED) is 0.697. The van der Waals surface area contributed by atoms with Crippen LogP contribution in [0, 0.1) is 11.8 Å². The summed E-state index contributed by atoms with van der Waals surface area (Å²) in [6, 6.07) is 4.89. The van der Waals surface area contributed by atoms with Crippen LogP contribution >= 0.6 is 0 Å². The summed E-state index contributed by atoms with van der Waals surface area (Å²) in [5.41, 5.74) is 12.8. The Hall–Kier alpha value is -1.71. The average Bonchev–Trinajstić information content (AvgIpc) is 2.23. The predicted octanol–water partition coefficient (Wildman–Crippen LogP) is 1.87. The highest BCUT2D eigenvalue weighted by atomic mass is 16.1. The third kappa shape index (κ3) is 3.98. The van der Waals surface area contributed by atoms with Crippen molar-refractivity contribution >= 4 is 17.3 Å². The van der Waals surface area contributed by atoms with Gasteiger partial charge in [-0.3, -0.25) is 4.79 Å². The third-order valence-electron chi connectivity index (χ3n) is 2.96. The predicted molar refractivity (Wildman–Crippen MR) is 71.6 cm³/mol. The van der Waals surface area contributed by atoms with E-state index in [-0.39, 0.29) is 5.91 Å². The van der Waals surface area contributed by atoms with Crippen molar-refractivity contribution in [3.8, 4) is 0 Å². The van der Waals surface area contributed by atoms with Crippen molar-refractivity contribution in [2.75, 3.05) is 18.0 Å². The van der Waals surface area contributed by atoms with Crippen LogP contribution in [0.4, 0.5) is 11.4 Å². The Morgan fingerprint density at radius 2 is 1.71 bits per heavy atom. The number of rotatable bonds is 4. The van der Waals surface area contributed by atoms with Crippen LogP contribution in [0.1, 0.15) is 31.1 Å². The molecule has 94 valence electrons. The first-order valence-corrected chi connectivity index (χ1v) is 5.84. The highest BCUT2D eigenvalue weighted by Gasteiger charge is 2.11. The first-order chi connectivity index (χ1) is 7.90. The van der Waals surface area contributed by atoms with Gasteiger partial charge in [0, 0.05) is 23.5 Å². The van der Waals surface area contributed by atoms with Gasteiger partial charge >= 0.3 is 0 Å². The summed E-state index contributed by atoms with van der Waals surface area (Å²) in [6.07, 6.45) is 0. The standard InChI is InChI=1S/C13H21N3O/c1-8(2)9(3)7-16-13(17)10-4-11(14)6-12(15)5-10/h4-6,8-9H,7,14-15H2,1-3H3,(H,16,17). The van der Waals surface area contributed by atoms with Crippen LogP contribution in [0.25, 0.3) is 0 Å². The van der Waals surface area contributed by atoms with Crippen LogP contribution in [0.2, 0.25) is 0 Å². The fraction of sp³-hybridized carbons (Fsp3) is 0.462. The fourth-order valence-corrected chi connectivity index (χ4v) is 1.40. The highest BCUT2D eigenvalue weighted by molar-refractivity contribution is 5.96. The lowest BCUT2D eigenvalue weighted by molar-refractivity contribution is 0.0945. The van der Waals surface area contributed by atoms with Gasteiger partial charge in [0.05, 0.1) is 0 Å². The first-order valence-electron chi connectivity index (χ1n) is 5.84. The molecule has 0 saturated heterocycles. The third-order valence-corrected chi connectivity index (χ3v) is 2.96. The molecule has 0 aliphatic carbocycles. The molecular weight excluding hydrogens is 214 g/mol. The topological polar surface area (TPSA) is 81.1 Å². The Bertz CT molecular complexity index is 381. The van der Waals surface area contributed by atoms with Crippen LogP contribution in [0.3, 0.4) is 0 Å². The summed E-state index contributed by atoms with van der Waals surface area (Å²) in [5, 5.41) is 2.88. The molecule has 0 fully saturated rings. The Labute approximate surface area is 102 Å². The number of anilines is 2. The zero-order chi connectivity index (χ0) is 13.0. The molecule has 0 heterocycles. The number of amides is 1. The van der Waals surface area contributed by atoms with Gasteiger partial charge in [0.1, 0.15) is 0 Å². The maximum Gasteiger partial charge on any atom is 0.251 e. The molecule has 1 aromatic rings. The second kappa shape index (κ2) is 5.57. The lowest BCUT2D eigenvalue weighted by atomic mass is 9.98. The van der Waals surface area contributed by atoms with E-state index < -0.39 is 0 Å². The maximum atomic E-state index is 11.9. The van der Waals surface area contributed by atoms with Crippen molar-refractivity contribution in [3.63, 3.8) is 0 Å². The molecule has 0 spiro atoms. The molecule has 1 atom stereocenters. The number of benzene rings is 1. The van der Waals surface area contributed by atoms with E-state index in [1.165, 1.54) is 0 Å². The minimum absolute atomic E-state index is 0.128. The van der Waals surface area contributed by atoms with Crippen molar-refractivity contribution in [3.05, 3.63) is 23.8 Å². The molecule has 17 heavy (non-hydrogen) atoms. The maximum absolute atomic E-state index is 11.9. The Morgan fingerprint density at radius 1 is 1.18 bits per heavy atom.